The Kier molecular flexibility index (Phi) is 11.0. The molecule has 0 fully saturated rings. The van der Waals surface area contributed by atoms with E-state index in [4.69, 9.17) is 9.47 Å². The van der Waals surface area contributed by atoms with Crippen molar-refractivity contribution < 1.29 is 28.9 Å². The predicted octanol–water partition coefficient (Wildman–Crippen LogP) is 6.90. The second-order valence-electron chi connectivity index (χ2n) is 11.0. The number of amides is 1. The molecule has 0 aliphatic rings. The smallest absolute Gasteiger partial charge is 0.343 e. The van der Waals surface area contributed by atoms with E-state index in [0.29, 0.717) is 12.2 Å². The molecule has 0 aliphatic carbocycles. The Balaban J connectivity index is 2.41. The number of methoxy groups -OCH3 is 1. The van der Waals surface area contributed by atoms with Crippen LogP contribution >= 0.6 is 0 Å². The molecule has 0 spiro atoms. The average Bonchev–Trinajstić information content (AvgIpc) is 2.90. The van der Waals surface area contributed by atoms with Crippen molar-refractivity contribution in [3.05, 3.63) is 47.5 Å². The van der Waals surface area contributed by atoms with Crippen LogP contribution < -0.4 is 14.8 Å². The Labute approximate surface area is 227 Å². The molecular formula is C31H45NO6. The number of carbonyl (C=O) groups excluding carboxylic acids is 2. The summed E-state index contributed by atoms with van der Waals surface area (Å²) >= 11 is 0. The molecule has 0 aliphatic heterocycles. The van der Waals surface area contributed by atoms with Gasteiger partial charge in [0.1, 0.15) is 17.2 Å². The number of anilines is 1. The van der Waals surface area contributed by atoms with Gasteiger partial charge in [-0.1, -0.05) is 67.0 Å². The van der Waals surface area contributed by atoms with Crippen LogP contribution in [-0.2, 0) is 25.2 Å². The maximum atomic E-state index is 13.5. The topological polar surface area (TPSA) is 94.1 Å². The van der Waals surface area contributed by atoms with Crippen molar-refractivity contribution in [3.8, 4) is 17.2 Å². The van der Waals surface area contributed by atoms with Crippen molar-refractivity contribution >= 4 is 17.6 Å². The average molecular weight is 528 g/mol. The first kappa shape index (κ1) is 31.0. The molecule has 0 heterocycles. The summed E-state index contributed by atoms with van der Waals surface area (Å²) in [6.45, 7) is 14.9. The number of phenols is 1. The van der Waals surface area contributed by atoms with Crippen LogP contribution in [0.1, 0.15) is 91.7 Å². The van der Waals surface area contributed by atoms with Crippen molar-refractivity contribution in [1.29, 1.82) is 0 Å². The number of phenolic OH excluding ortho intramolecular Hbond substituents is 1. The quantitative estimate of drug-likeness (QED) is 0.260. The summed E-state index contributed by atoms with van der Waals surface area (Å²) in [5.41, 5.74) is 2.43. The molecule has 2 rings (SSSR count). The summed E-state index contributed by atoms with van der Waals surface area (Å²) in [7, 11) is 1.27. The lowest BCUT2D eigenvalue weighted by atomic mass is 9.76. The number of esters is 1. The van der Waals surface area contributed by atoms with Crippen LogP contribution in [-0.4, -0.2) is 36.8 Å². The largest absolute Gasteiger partial charge is 0.508 e. The van der Waals surface area contributed by atoms with Crippen molar-refractivity contribution in [2.75, 3.05) is 19.0 Å². The lowest BCUT2D eigenvalue weighted by molar-refractivity contribution is -0.142. The fourth-order valence-electron chi connectivity index (χ4n) is 3.91. The Morgan fingerprint density at radius 1 is 0.947 bits per heavy atom. The van der Waals surface area contributed by atoms with E-state index in [-0.39, 0.29) is 40.5 Å². The van der Waals surface area contributed by atoms with Crippen molar-refractivity contribution in [1.82, 2.24) is 0 Å². The number of hydrogen-bond acceptors (Lipinski definition) is 6. The third kappa shape index (κ3) is 8.14. The van der Waals surface area contributed by atoms with Gasteiger partial charge < -0.3 is 24.6 Å². The van der Waals surface area contributed by atoms with Gasteiger partial charge in [0.15, 0.2) is 12.7 Å². The molecule has 38 heavy (non-hydrogen) atoms. The van der Waals surface area contributed by atoms with Crippen molar-refractivity contribution in [2.45, 2.75) is 97.5 Å². The highest BCUT2D eigenvalue weighted by Crippen LogP contribution is 2.39. The van der Waals surface area contributed by atoms with E-state index in [9.17, 15) is 14.7 Å². The molecule has 1 amide bonds. The first-order chi connectivity index (χ1) is 17.9. The minimum absolute atomic E-state index is 0.0198. The van der Waals surface area contributed by atoms with Crippen LogP contribution in [0.4, 0.5) is 5.69 Å². The van der Waals surface area contributed by atoms with Crippen LogP contribution in [0, 0.1) is 0 Å². The van der Waals surface area contributed by atoms with E-state index in [0.717, 1.165) is 31.2 Å². The molecule has 0 saturated heterocycles. The molecule has 1 unspecified atom stereocenters. The minimum atomic E-state index is -0.762. The highest BCUT2D eigenvalue weighted by molar-refractivity contribution is 5.96. The maximum Gasteiger partial charge on any atom is 0.343 e. The molecule has 0 saturated carbocycles. The fourth-order valence-corrected chi connectivity index (χ4v) is 3.91. The van der Waals surface area contributed by atoms with Crippen LogP contribution in [0.2, 0.25) is 0 Å². The zero-order chi connectivity index (χ0) is 28.5. The van der Waals surface area contributed by atoms with Gasteiger partial charge in [0, 0.05) is 11.6 Å². The number of aromatic hydroxyl groups is 1. The molecule has 2 aromatic rings. The van der Waals surface area contributed by atoms with E-state index in [2.05, 4.69) is 70.7 Å². The molecule has 0 radical (unpaired) electrons. The van der Waals surface area contributed by atoms with Gasteiger partial charge in [-0.05, 0) is 60.3 Å². The summed E-state index contributed by atoms with van der Waals surface area (Å²) in [4.78, 5) is 25.1. The second-order valence-corrected chi connectivity index (χ2v) is 11.0. The molecule has 7 heteroatoms. The van der Waals surface area contributed by atoms with E-state index < -0.39 is 12.1 Å². The minimum Gasteiger partial charge on any atom is -0.508 e. The lowest BCUT2D eigenvalue weighted by Crippen LogP contribution is -2.34. The Bertz CT molecular complexity index is 1090. The highest BCUT2D eigenvalue weighted by atomic mass is 16.6. The van der Waals surface area contributed by atoms with Crippen LogP contribution in [0.25, 0.3) is 0 Å². The first-order valence-electron chi connectivity index (χ1n) is 13.5. The number of hydrogen-bond donors (Lipinski definition) is 2. The third-order valence-corrected chi connectivity index (χ3v) is 7.43. The van der Waals surface area contributed by atoms with E-state index in [1.54, 1.807) is 0 Å². The molecule has 2 N–H and O–H groups in total. The van der Waals surface area contributed by atoms with E-state index in [1.165, 1.54) is 30.9 Å². The maximum absolute atomic E-state index is 13.5. The van der Waals surface area contributed by atoms with Gasteiger partial charge in [0.25, 0.3) is 5.91 Å². The second kappa shape index (κ2) is 13.5. The molecule has 2 aromatic carbocycles. The van der Waals surface area contributed by atoms with Crippen LogP contribution in [0.5, 0.6) is 17.2 Å². The molecule has 1 atom stereocenters. The van der Waals surface area contributed by atoms with Crippen molar-refractivity contribution in [3.63, 3.8) is 0 Å². The summed E-state index contributed by atoms with van der Waals surface area (Å²) in [5, 5.41) is 12.9. The lowest BCUT2D eigenvalue weighted by Gasteiger charge is -2.31. The van der Waals surface area contributed by atoms with Crippen LogP contribution in [0.15, 0.2) is 36.4 Å². The number of carbonyl (C=O) groups is 2. The zero-order valence-corrected chi connectivity index (χ0v) is 24.3. The molecule has 210 valence electrons. The first-order valence-corrected chi connectivity index (χ1v) is 13.5. The zero-order valence-electron chi connectivity index (χ0n) is 24.3. The highest BCUT2D eigenvalue weighted by Gasteiger charge is 2.29. The van der Waals surface area contributed by atoms with Gasteiger partial charge in [-0.15, -0.1) is 0 Å². The van der Waals surface area contributed by atoms with Gasteiger partial charge in [0.05, 0.1) is 12.8 Å². The van der Waals surface area contributed by atoms with E-state index in [1.807, 2.05) is 6.07 Å². The van der Waals surface area contributed by atoms with E-state index >= 15 is 0 Å². The number of benzene rings is 2. The summed E-state index contributed by atoms with van der Waals surface area (Å²) in [6.07, 6.45) is 3.39. The van der Waals surface area contributed by atoms with Gasteiger partial charge in [-0.3, -0.25) is 4.79 Å². The predicted molar refractivity (Wildman–Crippen MR) is 151 cm³/mol. The number of unbranched alkanes of at least 4 members (excludes halogenated alkanes) is 1. The summed E-state index contributed by atoms with van der Waals surface area (Å²) in [6, 6.07) is 10.6. The standard InChI is InChI=1S/C31H45NO6/c1-9-12-13-27(29(35)32-24-19-22(33)15-17-26(24)37-20-28(34)36-8)38-25-16-14-21(30(4,5)10-2)18-23(25)31(6,7)11-3/h14-19,27,33H,9-13,20H2,1-8H3,(H,32,35). The van der Waals surface area contributed by atoms with Gasteiger partial charge in [0.2, 0.25) is 0 Å². The summed E-state index contributed by atoms with van der Waals surface area (Å²) < 4.78 is 16.6. The van der Waals surface area contributed by atoms with Gasteiger partial charge >= 0.3 is 5.97 Å². The van der Waals surface area contributed by atoms with Crippen molar-refractivity contribution in [2.24, 2.45) is 0 Å². The molecule has 7 nitrogen and oxygen atoms in total. The summed E-state index contributed by atoms with van der Waals surface area (Å²) in [5.74, 6) is -0.0140. The Morgan fingerprint density at radius 2 is 1.61 bits per heavy atom. The SMILES string of the molecule is CCCCC(Oc1ccc(C(C)(C)CC)cc1C(C)(C)CC)C(=O)Nc1cc(O)ccc1OCC(=O)OC. The van der Waals surface area contributed by atoms with Gasteiger partial charge in [-0.25, -0.2) is 4.79 Å². The van der Waals surface area contributed by atoms with Gasteiger partial charge in [-0.2, -0.15) is 0 Å². The fraction of sp³-hybridized carbons (Fsp3) is 0.548. The molecular weight excluding hydrogens is 482 g/mol. The monoisotopic (exact) mass is 527 g/mol. The number of nitrogens with one attached hydrogen (secondary N) is 1. The normalized spacial score (nSPS) is 12.5. The number of rotatable bonds is 14. The Morgan fingerprint density at radius 3 is 2.21 bits per heavy atom. The molecule has 0 aromatic heterocycles. The number of ether oxygens (including phenoxy) is 3. The Hall–Kier alpha value is -3.22. The van der Waals surface area contributed by atoms with Crippen LogP contribution in [0.3, 0.4) is 0 Å². The third-order valence-electron chi connectivity index (χ3n) is 7.43. The molecule has 0 bridgehead atoms.